The van der Waals surface area contributed by atoms with Crippen LogP contribution in [0, 0.1) is 23.0 Å². The van der Waals surface area contributed by atoms with Crippen molar-refractivity contribution in [3.8, 4) is 0 Å². The zero-order valence-electron chi connectivity index (χ0n) is 11.1. The van der Waals surface area contributed by atoms with E-state index in [-0.39, 0.29) is 10.6 Å². The summed E-state index contributed by atoms with van der Waals surface area (Å²) in [6.07, 6.45) is 2.57. The van der Waals surface area contributed by atoms with Crippen LogP contribution in [-0.4, -0.2) is 22.9 Å². The summed E-state index contributed by atoms with van der Waals surface area (Å²) in [6.45, 7) is 7.27. The molecule has 0 N–H and O–H groups in total. The summed E-state index contributed by atoms with van der Waals surface area (Å²) in [4.78, 5) is 12.9. The number of hydrogen-bond acceptors (Lipinski definition) is 3. The van der Waals surface area contributed by atoms with Crippen molar-refractivity contribution in [1.82, 2.24) is 4.90 Å². The molecule has 1 aromatic rings. The summed E-state index contributed by atoms with van der Waals surface area (Å²) >= 11 is 0. The van der Waals surface area contributed by atoms with Gasteiger partial charge in [-0.05, 0) is 43.9 Å². The number of benzene rings is 1. The summed E-state index contributed by atoms with van der Waals surface area (Å²) < 4.78 is 0. The zero-order valence-corrected chi connectivity index (χ0v) is 11.1. The number of piperidine rings is 1. The SMILES string of the molecule is Cc1cc(CN2CCCC(C)C2)ccc1[N+](=O)[O-]. The number of nitro benzene ring substituents is 1. The molecule has 0 spiro atoms. The Labute approximate surface area is 108 Å². The van der Waals surface area contributed by atoms with Crippen molar-refractivity contribution in [3.63, 3.8) is 0 Å². The Balaban J connectivity index is 2.05. The van der Waals surface area contributed by atoms with Gasteiger partial charge in [0.25, 0.3) is 5.69 Å². The Hall–Kier alpha value is -1.42. The average Bonchev–Trinajstić information content (AvgIpc) is 2.28. The van der Waals surface area contributed by atoms with Crippen LogP contribution in [0.25, 0.3) is 0 Å². The summed E-state index contributed by atoms with van der Waals surface area (Å²) in [5.41, 5.74) is 2.14. The fraction of sp³-hybridized carbons (Fsp3) is 0.571. The Bertz CT molecular complexity index is 445. The molecule has 4 nitrogen and oxygen atoms in total. The minimum atomic E-state index is -0.317. The Morgan fingerprint density at radius 3 is 2.89 bits per heavy atom. The highest BCUT2D eigenvalue weighted by molar-refractivity contribution is 5.41. The van der Waals surface area contributed by atoms with Gasteiger partial charge >= 0.3 is 0 Å². The summed E-state index contributed by atoms with van der Waals surface area (Å²) in [6, 6.07) is 5.44. The lowest BCUT2D eigenvalue weighted by Crippen LogP contribution is -2.33. The largest absolute Gasteiger partial charge is 0.299 e. The molecule has 1 saturated heterocycles. The van der Waals surface area contributed by atoms with Gasteiger partial charge in [-0.3, -0.25) is 15.0 Å². The van der Waals surface area contributed by atoms with Gasteiger partial charge < -0.3 is 0 Å². The Morgan fingerprint density at radius 2 is 2.28 bits per heavy atom. The number of aryl methyl sites for hydroxylation is 1. The van der Waals surface area contributed by atoms with Gasteiger partial charge in [0.15, 0.2) is 0 Å². The topological polar surface area (TPSA) is 46.4 Å². The molecule has 18 heavy (non-hydrogen) atoms. The van der Waals surface area contributed by atoms with Crippen LogP contribution >= 0.6 is 0 Å². The number of nitro groups is 1. The molecule has 0 aromatic heterocycles. The van der Waals surface area contributed by atoms with E-state index in [0.29, 0.717) is 0 Å². The van der Waals surface area contributed by atoms with Gasteiger partial charge in [-0.2, -0.15) is 0 Å². The van der Waals surface area contributed by atoms with Crippen LogP contribution in [0.4, 0.5) is 5.69 Å². The van der Waals surface area contributed by atoms with Crippen molar-refractivity contribution in [1.29, 1.82) is 0 Å². The van der Waals surface area contributed by atoms with Crippen LogP contribution in [0.1, 0.15) is 30.9 Å². The second-order valence-electron chi connectivity index (χ2n) is 5.36. The monoisotopic (exact) mass is 248 g/mol. The van der Waals surface area contributed by atoms with Crippen molar-refractivity contribution in [2.45, 2.75) is 33.2 Å². The third kappa shape index (κ3) is 3.07. The third-order valence-corrected chi connectivity index (χ3v) is 3.61. The van der Waals surface area contributed by atoms with Crippen LogP contribution in [0.15, 0.2) is 18.2 Å². The molecular weight excluding hydrogens is 228 g/mol. The molecule has 1 aliphatic heterocycles. The molecule has 1 aliphatic rings. The molecule has 0 radical (unpaired) electrons. The molecule has 0 amide bonds. The molecule has 98 valence electrons. The minimum absolute atomic E-state index is 0.214. The lowest BCUT2D eigenvalue weighted by molar-refractivity contribution is -0.385. The molecule has 4 heteroatoms. The van der Waals surface area contributed by atoms with E-state index in [1.165, 1.54) is 18.4 Å². The van der Waals surface area contributed by atoms with Crippen molar-refractivity contribution in [2.24, 2.45) is 5.92 Å². The number of rotatable bonds is 3. The van der Waals surface area contributed by atoms with Crippen molar-refractivity contribution in [3.05, 3.63) is 39.4 Å². The highest BCUT2D eigenvalue weighted by Gasteiger charge is 2.17. The lowest BCUT2D eigenvalue weighted by Gasteiger charge is -2.30. The summed E-state index contributed by atoms with van der Waals surface area (Å²) in [7, 11) is 0. The minimum Gasteiger partial charge on any atom is -0.299 e. The van der Waals surface area contributed by atoms with Gasteiger partial charge in [-0.1, -0.05) is 13.0 Å². The maximum Gasteiger partial charge on any atom is 0.272 e. The smallest absolute Gasteiger partial charge is 0.272 e. The average molecular weight is 248 g/mol. The Morgan fingerprint density at radius 1 is 1.50 bits per heavy atom. The predicted octanol–water partition coefficient (Wildman–Crippen LogP) is 3.14. The predicted molar refractivity (Wildman–Crippen MR) is 71.5 cm³/mol. The van der Waals surface area contributed by atoms with Gasteiger partial charge in [0.2, 0.25) is 0 Å². The maximum atomic E-state index is 10.8. The fourth-order valence-electron chi connectivity index (χ4n) is 2.71. The second-order valence-corrected chi connectivity index (χ2v) is 5.36. The van der Waals surface area contributed by atoms with Gasteiger partial charge in [0.1, 0.15) is 0 Å². The van der Waals surface area contributed by atoms with Crippen LogP contribution in [0.3, 0.4) is 0 Å². The standard InChI is InChI=1S/C14H20N2O2/c1-11-4-3-7-15(9-11)10-13-5-6-14(16(17)18)12(2)8-13/h5-6,8,11H,3-4,7,9-10H2,1-2H3. The van der Waals surface area contributed by atoms with Crippen molar-refractivity contribution in [2.75, 3.05) is 13.1 Å². The van der Waals surface area contributed by atoms with Crippen LogP contribution < -0.4 is 0 Å². The van der Waals surface area contributed by atoms with Crippen molar-refractivity contribution >= 4 is 5.69 Å². The van der Waals surface area contributed by atoms with Gasteiger partial charge in [-0.25, -0.2) is 0 Å². The van der Waals surface area contributed by atoms with Gasteiger partial charge in [-0.15, -0.1) is 0 Å². The summed E-state index contributed by atoms with van der Waals surface area (Å²) in [5, 5.41) is 10.8. The van der Waals surface area contributed by atoms with E-state index in [1.54, 1.807) is 13.0 Å². The first-order chi connectivity index (χ1) is 8.56. The number of likely N-dealkylation sites (tertiary alicyclic amines) is 1. The van der Waals surface area contributed by atoms with E-state index < -0.39 is 0 Å². The molecule has 1 heterocycles. The van der Waals surface area contributed by atoms with E-state index in [2.05, 4.69) is 11.8 Å². The molecule has 0 bridgehead atoms. The second kappa shape index (κ2) is 5.48. The molecule has 1 fully saturated rings. The molecule has 1 unspecified atom stereocenters. The first-order valence-electron chi connectivity index (χ1n) is 6.52. The molecule has 0 aliphatic carbocycles. The van der Waals surface area contributed by atoms with E-state index in [1.807, 2.05) is 12.1 Å². The Kier molecular flexibility index (Phi) is 3.97. The van der Waals surface area contributed by atoms with Gasteiger partial charge in [0.05, 0.1) is 4.92 Å². The van der Waals surface area contributed by atoms with E-state index in [0.717, 1.165) is 31.1 Å². The zero-order chi connectivity index (χ0) is 13.1. The first kappa shape index (κ1) is 13.0. The lowest BCUT2D eigenvalue weighted by atomic mass is 9.99. The van der Waals surface area contributed by atoms with E-state index in [4.69, 9.17) is 0 Å². The number of nitrogens with zero attached hydrogens (tertiary/aromatic N) is 2. The quantitative estimate of drug-likeness (QED) is 0.610. The van der Waals surface area contributed by atoms with Crippen LogP contribution in [0.2, 0.25) is 0 Å². The van der Waals surface area contributed by atoms with Crippen LogP contribution in [-0.2, 0) is 6.54 Å². The van der Waals surface area contributed by atoms with Gasteiger partial charge in [0, 0.05) is 24.7 Å². The summed E-state index contributed by atoms with van der Waals surface area (Å²) in [5.74, 6) is 0.762. The first-order valence-corrected chi connectivity index (χ1v) is 6.52. The molecule has 0 saturated carbocycles. The molecule has 2 rings (SSSR count). The number of hydrogen-bond donors (Lipinski definition) is 0. The molecular formula is C14H20N2O2. The normalized spacial score (nSPS) is 20.9. The third-order valence-electron chi connectivity index (χ3n) is 3.61. The highest BCUT2D eigenvalue weighted by atomic mass is 16.6. The maximum absolute atomic E-state index is 10.8. The van der Waals surface area contributed by atoms with E-state index >= 15 is 0 Å². The molecule has 1 aromatic carbocycles. The van der Waals surface area contributed by atoms with E-state index in [9.17, 15) is 10.1 Å². The van der Waals surface area contributed by atoms with Crippen molar-refractivity contribution < 1.29 is 4.92 Å². The highest BCUT2D eigenvalue weighted by Crippen LogP contribution is 2.22. The van der Waals surface area contributed by atoms with Crippen LogP contribution in [0.5, 0.6) is 0 Å². The fourth-order valence-corrected chi connectivity index (χ4v) is 2.71. The molecule has 1 atom stereocenters.